The summed E-state index contributed by atoms with van der Waals surface area (Å²) in [5.41, 5.74) is 38.0. The molecule has 0 N–H and O–H groups in total. The van der Waals surface area contributed by atoms with Gasteiger partial charge < -0.3 is 22.1 Å². The first-order valence-electron chi connectivity index (χ1n) is 47.7. The Labute approximate surface area is 783 Å². The van der Waals surface area contributed by atoms with Crippen LogP contribution in [0, 0.1) is 46.0 Å². The second-order valence-corrected chi connectivity index (χ2v) is 39.3. The van der Waals surface area contributed by atoms with Gasteiger partial charge in [0.1, 0.15) is 35.2 Å². The molecular weight excluding hydrogens is 1640 g/mol. The van der Waals surface area contributed by atoms with E-state index in [0.29, 0.717) is 11.8 Å². The summed E-state index contributed by atoms with van der Waals surface area (Å²) in [6.07, 6.45) is 19.0. The van der Waals surface area contributed by atoms with Gasteiger partial charge in [0.25, 0.3) is 0 Å². The van der Waals surface area contributed by atoms with Crippen LogP contribution in [0.15, 0.2) is 235 Å². The second-order valence-electron chi connectivity index (χ2n) is 39.3. The molecule has 20 aromatic rings. The molecule has 0 amide bonds. The molecule has 0 saturated carbocycles. The fourth-order valence-corrected chi connectivity index (χ4v) is 18.6. The van der Waals surface area contributed by atoms with Gasteiger partial charge in [0.2, 0.25) is 57.0 Å². The van der Waals surface area contributed by atoms with Crippen molar-refractivity contribution in [1.29, 1.82) is 0 Å². The van der Waals surface area contributed by atoms with Crippen molar-refractivity contribution in [3.63, 3.8) is 0 Å². The summed E-state index contributed by atoms with van der Waals surface area (Å²) in [6, 6.07) is 65.0. The number of hydrogen-bond acceptors (Lipinski definition) is 10. The van der Waals surface area contributed by atoms with Crippen molar-refractivity contribution in [2.24, 2.45) is 46.6 Å². The maximum Gasteiger partial charge on any atom is 0.227 e. The van der Waals surface area contributed by atoms with Crippen LogP contribution in [0.1, 0.15) is 201 Å². The van der Waals surface area contributed by atoms with Crippen LogP contribution in [0.3, 0.4) is 0 Å². The molecule has 0 unspecified atom stereocenters. The first kappa shape index (κ1) is 92.9. The molecule has 0 aliphatic rings. The molecular formula is C118H131N10O5+5. The summed E-state index contributed by atoms with van der Waals surface area (Å²) in [5.74, 6) is 0.960. The summed E-state index contributed by atoms with van der Waals surface area (Å²) in [5, 5.41) is 11.1. The summed E-state index contributed by atoms with van der Waals surface area (Å²) in [6.45, 7) is 45.7. The number of fused-ring (bicyclic) bond motifs is 15. The average molecular weight is 1770 g/mol. The third-order valence-corrected chi connectivity index (χ3v) is 26.1. The molecule has 0 atom stereocenters. The van der Waals surface area contributed by atoms with Crippen molar-refractivity contribution in [3.05, 3.63) is 297 Å². The molecule has 0 aliphatic carbocycles. The molecule has 0 bridgehead atoms. The van der Waals surface area contributed by atoms with E-state index in [1.165, 1.54) is 55.6 Å². The van der Waals surface area contributed by atoms with Gasteiger partial charge in [-0.1, -0.05) is 171 Å². The van der Waals surface area contributed by atoms with Crippen molar-refractivity contribution in [3.8, 4) is 56.3 Å². The minimum atomic E-state index is -0.00562. The molecule has 15 aromatic heterocycles. The molecule has 15 heterocycles. The smallest absolute Gasteiger partial charge is 0.227 e. The lowest BCUT2D eigenvalue weighted by molar-refractivity contribution is -0.660. The second kappa shape index (κ2) is 38.1. The molecule has 0 saturated heterocycles. The fourth-order valence-electron chi connectivity index (χ4n) is 18.6. The standard InChI is InChI=1S/C25H29N2O.2C24H27N2O.C23H25N2O.C22H23N2O/c1-7-17-9-13-21(27(6)15-17)22-16(2)8-11-19-20-12-10-18(14-25(3,4)5)26-24(20)28-23(19)22;1-7-16-9-12-19(26(6)14-16)21-15(2)8-10-17-18-11-13-20(24(3,4)5)25-23(18)27-22(17)21;1-6-17-8-12-21(26(5)14-17)22-16(4)7-10-19-20-11-9-18(13-15(2)3)25-24(20)27-23(19)22;1-6-16-8-12-20(25(5)13-16)21-15(4)7-9-17-18-10-11-19(14(2)3)24-23(18)26-22(17)21;1-5-15-8-12-19(24(4)13-15)20-14(3)7-10-17-18-11-9-16(6-2)23-22(18)25-21(17)20/h8-13,15H,7,14H2,1-6H3;8-14H,7H2,1-6H3;7-12,14-15H,6,13H2,1-5H3;7-14H,6H2,1-5H3;7-13H,5-6H2,1-4H3/q5*+1. The van der Waals surface area contributed by atoms with Gasteiger partial charge in [-0.3, -0.25) is 0 Å². The molecule has 15 nitrogen and oxygen atoms in total. The van der Waals surface area contributed by atoms with Crippen LogP contribution in [-0.2, 0) is 92.0 Å². The van der Waals surface area contributed by atoms with Crippen molar-refractivity contribution in [2.45, 2.75) is 208 Å². The van der Waals surface area contributed by atoms with Crippen LogP contribution in [0.4, 0.5) is 0 Å². The minimum Gasteiger partial charge on any atom is -0.437 e. The van der Waals surface area contributed by atoms with E-state index in [4.69, 9.17) is 42.0 Å². The highest BCUT2D eigenvalue weighted by Gasteiger charge is 2.30. The number of aromatic nitrogens is 10. The Balaban J connectivity index is 0.000000121. The SMILES string of the molecule is CCc1ccc(-c2c(C)ccc3c2oc2nc(C(C)(C)C)ccc23)[n+](C)c1.CCc1ccc(-c2c(C)ccc3c2oc2nc(C(C)C)ccc23)[n+](C)c1.CCc1ccc(-c2c(C)ccc3c2oc2nc(CC(C)(C)C)ccc23)[n+](C)c1.CCc1ccc(-c2c(C)ccc3c2oc2nc(CC(C)C)ccc23)[n+](C)c1.CCc1ccc(-c2c(C)ccc3c2oc2nc(CC)ccc23)[n+](C)c1. The van der Waals surface area contributed by atoms with Crippen molar-refractivity contribution in [1.82, 2.24) is 24.9 Å². The summed E-state index contributed by atoms with van der Waals surface area (Å²) in [4.78, 5) is 23.9. The highest BCUT2D eigenvalue weighted by atomic mass is 16.4. The van der Waals surface area contributed by atoms with Crippen LogP contribution in [0.5, 0.6) is 0 Å². The molecule has 0 fully saturated rings. The monoisotopic (exact) mass is 1770 g/mol. The first-order chi connectivity index (χ1) is 63.6. The Hall–Kier alpha value is -13.4. The van der Waals surface area contributed by atoms with Gasteiger partial charge in [-0.25, -0.2) is 47.8 Å². The number of nitrogens with zero attached hydrogens (tertiary/aromatic N) is 10. The van der Waals surface area contributed by atoms with Crippen molar-refractivity contribution >= 4 is 110 Å². The Bertz CT molecular complexity index is 7830. The number of rotatable bonds is 15. The summed E-state index contributed by atoms with van der Waals surface area (Å²) < 4.78 is 42.6. The van der Waals surface area contributed by atoms with E-state index in [1.54, 1.807) is 0 Å². The predicted octanol–water partition coefficient (Wildman–Crippen LogP) is 27.5. The average Bonchev–Trinajstić information content (AvgIpc) is 1.65. The van der Waals surface area contributed by atoms with E-state index in [-0.39, 0.29) is 10.8 Å². The Kier molecular flexibility index (Phi) is 26.6. The zero-order chi connectivity index (χ0) is 94.5. The maximum atomic E-state index is 6.36. The number of aryl methyl sites for hydroxylation is 16. The zero-order valence-corrected chi connectivity index (χ0v) is 83.0. The highest BCUT2D eigenvalue weighted by Crippen LogP contribution is 2.44. The number of benzene rings is 5. The lowest BCUT2D eigenvalue weighted by atomic mass is 9.90. The van der Waals surface area contributed by atoms with Gasteiger partial charge in [-0.05, 0) is 222 Å². The summed E-state index contributed by atoms with van der Waals surface area (Å²) >= 11 is 0. The van der Waals surface area contributed by atoms with E-state index in [1.807, 2.05) is 0 Å². The Morgan fingerprint density at radius 3 is 0.797 bits per heavy atom. The van der Waals surface area contributed by atoms with Crippen molar-refractivity contribution < 1.29 is 44.9 Å². The Morgan fingerprint density at radius 2 is 0.526 bits per heavy atom. The normalized spacial score (nSPS) is 11.9. The largest absolute Gasteiger partial charge is 0.437 e. The number of hydrogen-bond donors (Lipinski definition) is 0. The maximum absolute atomic E-state index is 6.36. The molecule has 0 radical (unpaired) electrons. The topological polar surface area (TPSA) is 150 Å². The van der Waals surface area contributed by atoms with Gasteiger partial charge in [0, 0.05) is 146 Å². The van der Waals surface area contributed by atoms with E-state index < -0.39 is 0 Å². The zero-order valence-electron chi connectivity index (χ0n) is 83.0. The van der Waals surface area contributed by atoms with E-state index in [2.05, 4.69) is 421 Å². The van der Waals surface area contributed by atoms with Crippen molar-refractivity contribution in [2.75, 3.05) is 0 Å². The lowest BCUT2D eigenvalue weighted by Gasteiger charge is -2.16. The van der Waals surface area contributed by atoms with Crippen LogP contribution in [0.25, 0.3) is 167 Å². The minimum absolute atomic E-state index is 0.00562. The van der Waals surface area contributed by atoms with E-state index >= 15 is 0 Å². The van der Waals surface area contributed by atoms with Gasteiger partial charge >= 0.3 is 0 Å². The first-order valence-corrected chi connectivity index (χ1v) is 47.7. The van der Waals surface area contributed by atoms with E-state index in [9.17, 15) is 0 Å². The van der Waals surface area contributed by atoms with Crippen LogP contribution in [-0.4, -0.2) is 24.9 Å². The molecule has 0 spiro atoms. The third-order valence-electron chi connectivity index (χ3n) is 26.1. The lowest BCUT2D eigenvalue weighted by Crippen LogP contribution is -2.31. The molecule has 20 rings (SSSR count). The van der Waals surface area contributed by atoms with Gasteiger partial charge in [0.05, 0.1) is 27.8 Å². The van der Waals surface area contributed by atoms with Gasteiger partial charge in [0.15, 0.2) is 58.9 Å². The van der Waals surface area contributed by atoms with Crippen LogP contribution >= 0.6 is 0 Å². The number of furan rings is 5. The predicted molar refractivity (Wildman–Crippen MR) is 545 cm³/mol. The Morgan fingerprint density at radius 1 is 0.271 bits per heavy atom. The molecule has 0 aliphatic heterocycles. The third kappa shape index (κ3) is 18.8. The van der Waals surface area contributed by atoms with Crippen LogP contribution < -0.4 is 22.8 Å². The molecule has 133 heavy (non-hydrogen) atoms. The molecule has 5 aromatic carbocycles. The van der Waals surface area contributed by atoms with Gasteiger partial charge in [-0.2, -0.15) is 0 Å². The fraction of sp³-hybridized carbons (Fsp3) is 0.322. The highest BCUT2D eigenvalue weighted by molar-refractivity contribution is 6.13. The van der Waals surface area contributed by atoms with Gasteiger partial charge in [-0.15, -0.1) is 0 Å². The summed E-state index contributed by atoms with van der Waals surface area (Å²) in [7, 11) is 10.5. The number of pyridine rings is 10. The molecule has 15 heteroatoms. The molecule has 678 valence electrons. The van der Waals surface area contributed by atoms with E-state index in [0.717, 1.165) is 246 Å². The van der Waals surface area contributed by atoms with Crippen LogP contribution in [0.2, 0.25) is 0 Å². The quantitative estimate of drug-likeness (QED) is 0.0908.